The number of aryl methyl sites for hydroxylation is 2. The minimum Gasteiger partial charge on any atom is -0.507 e. The van der Waals surface area contributed by atoms with Gasteiger partial charge < -0.3 is 14.6 Å². The fourth-order valence-electron chi connectivity index (χ4n) is 4.03. The smallest absolute Gasteiger partial charge is 0.350 e. The topological polar surface area (TPSA) is 106 Å². The molecule has 4 rings (SSSR count). The first-order valence-electron chi connectivity index (χ1n) is 11.0. The summed E-state index contributed by atoms with van der Waals surface area (Å²) in [6.07, 6.45) is 1.45. The van der Waals surface area contributed by atoms with Crippen molar-refractivity contribution in [3.63, 3.8) is 0 Å². The van der Waals surface area contributed by atoms with Crippen molar-refractivity contribution in [2.75, 3.05) is 18.6 Å². The number of ether oxygens (including phenoxy) is 2. The van der Waals surface area contributed by atoms with Crippen molar-refractivity contribution in [1.82, 2.24) is 4.98 Å². The summed E-state index contributed by atoms with van der Waals surface area (Å²) in [5, 5.41) is 11.5. The first-order valence-corrected chi connectivity index (χ1v) is 11.9. The van der Waals surface area contributed by atoms with Gasteiger partial charge in [-0.1, -0.05) is 54.3 Å². The van der Waals surface area contributed by atoms with E-state index in [4.69, 9.17) is 9.47 Å². The maximum atomic E-state index is 13.3. The number of ketones is 1. The third kappa shape index (κ3) is 4.40. The van der Waals surface area contributed by atoms with E-state index in [1.165, 1.54) is 18.1 Å². The Hall–Kier alpha value is -4.24. The number of esters is 1. The molecule has 8 nitrogen and oxygen atoms in total. The maximum Gasteiger partial charge on any atom is 0.350 e. The van der Waals surface area contributed by atoms with Crippen LogP contribution in [0.3, 0.4) is 0 Å². The van der Waals surface area contributed by atoms with Crippen molar-refractivity contribution in [3.05, 3.63) is 94.0 Å². The predicted molar refractivity (Wildman–Crippen MR) is 136 cm³/mol. The van der Waals surface area contributed by atoms with Crippen LogP contribution in [-0.4, -0.2) is 41.5 Å². The van der Waals surface area contributed by atoms with Gasteiger partial charge in [0.05, 0.1) is 24.4 Å². The molecule has 0 bridgehead atoms. The molecule has 1 atom stereocenters. The Morgan fingerprint density at radius 1 is 1.19 bits per heavy atom. The van der Waals surface area contributed by atoms with Crippen molar-refractivity contribution in [3.8, 4) is 5.75 Å². The highest BCUT2D eigenvalue weighted by atomic mass is 32.1. The summed E-state index contributed by atoms with van der Waals surface area (Å²) in [5.41, 5.74) is 1.97. The highest BCUT2D eigenvalue weighted by molar-refractivity contribution is 7.17. The molecule has 2 heterocycles. The van der Waals surface area contributed by atoms with Crippen LogP contribution in [0.15, 0.2) is 66.8 Å². The van der Waals surface area contributed by atoms with E-state index in [0.29, 0.717) is 28.1 Å². The molecule has 1 fully saturated rings. The number of carbonyl (C=O) groups excluding carboxylic acids is 3. The molecule has 0 saturated carbocycles. The van der Waals surface area contributed by atoms with E-state index in [2.05, 4.69) is 11.6 Å². The van der Waals surface area contributed by atoms with Gasteiger partial charge in [0.2, 0.25) is 0 Å². The lowest BCUT2D eigenvalue weighted by Gasteiger charge is -2.23. The number of aliphatic hydroxyl groups excluding tert-OH is 1. The van der Waals surface area contributed by atoms with Crippen LogP contribution in [0.25, 0.3) is 5.76 Å². The molecule has 3 aromatic rings. The lowest BCUT2D eigenvalue weighted by molar-refractivity contribution is -0.132. The molecule has 1 aliphatic heterocycles. The van der Waals surface area contributed by atoms with Gasteiger partial charge in [0, 0.05) is 5.56 Å². The average Bonchev–Trinajstić information content (AvgIpc) is 3.39. The molecular weight excluding hydrogens is 480 g/mol. The number of hydrogen-bond acceptors (Lipinski definition) is 8. The molecule has 1 N–H and O–H groups in total. The van der Waals surface area contributed by atoms with Crippen LogP contribution >= 0.6 is 11.3 Å². The third-order valence-corrected chi connectivity index (χ3v) is 6.89. The van der Waals surface area contributed by atoms with Gasteiger partial charge in [-0.15, -0.1) is 0 Å². The molecule has 0 radical (unpaired) electrons. The largest absolute Gasteiger partial charge is 0.507 e. The number of anilines is 1. The first-order chi connectivity index (χ1) is 17.3. The minimum atomic E-state index is -0.949. The number of amides is 1. The SMILES string of the molecule is C=CCOC(=O)c1sc(N2C(=O)C(=O)/C(=C(/O)c3ccc(OC)cc3C)C2c2ccccc2)nc1C. The zero-order valence-electron chi connectivity index (χ0n) is 20.0. The fraction of sp³-hybridized carbons (Fsp3) is 0.185. The first kappa shape index (κ1) is 24.9. The second-order valence-corrected chi connectivity index (χ2v) is 9.04. The van der Waals surface area contributed by atoms with Crippen LogP contribution in [-0.2, 0) is 14.3 Å². The number of benzene rings is 2. The van der Waals surface area contributed by atoms with Gasteiger partial charge in [-0.05, 0) is 43.2 Å². The Labute approximate surface area is 212 Å². The Kier molecular flexibility index (Phi) is 7.03. The zero-order valence-corrected chi connectivity index (χ0v) is 20.8. The van der Waals surface area contributed by atoms with E-state index >= 15 is 0 Å². The normalized spacial score (nSPS) is 16.8. The van der Waals surface area contributed by atoms with E-state index in [9.17, 15) is 19.5 Å². The van der Waals surface area contributed by atoms with Crippen molar-refractivity contribution >= 4 is 39.9 Å². The quantitative estimate of drug-likeness (QED) is 0.163. The van der Waals surface area contributed by atoms with Gasteiger partial charge in [0.15, 0.2) is 5.13 Å². The van der Waals surface area contributed by atoms with Crippen LogP contribution in [0.2, 0.25) is 0 Å². The zero-order chi connectivity index (χ0) is 26.0. The van der Waals surface area contributed by atoms with Gasteiger partial charge in [-0.3, -0.25) is 14.5 Å². The van der Waals surface area contributed by atoms with Crippen molar-refractivity contribution in [2.24, 2.45) is 0 Å². The Morgan fingerprint density at radius 2 is 1.92 bits per heavy atom. The number of aliphatic hydroxyl groups is 1. The van der Waals surface area contributed by atoms with E-state index in [1.807, 2.05) is 6.07 Å². The van der Waals surface area contributed by atoms with E-state index in [-0.39, 0.29) is 27.9 Å². The second-order valence-electron chi connectivity index (χ2n) is 8.06. The van der Waals surface area contributed by atoms with Gasteiger partial charge in [-0.25, -0.2) is 9.78 Å². The lowest BCUT2D eigenvalue weighted by atomic mass is 9.94. The number of methoxy groups -OCH3 is 1. The van der Waals surface area contributed by atoms with Crippen molar-refractivity contribution < 1.29 is 29.0 Å². The Morgan fingerprint density at radius 3 is 2.56 bits per heavy atom. The molecule has 1 amide bonds. The van der Waals surface area contributed by atoms with Crippen LogP contribution < -0.4 is 9.64 Å². The number of nitrogens with zero attached hydrogens (tertiary/aromatic N) is 2. The fourth-order valence-corrected chi connectivity index (χ4v) is 5.02. The number of aromatic nitrogens is 1. The summed E-state index contributed by atoms with van der Waals surface area (Å²) in [6.45, 7) is 6.96. The number of carbonyl (C=O) groups is 3. The minimum absolute atomic E-state index is 0.0290. The molecule has 36 heavy (non-hydrogen) atoms. The summed E-state index contributed by atoms with van der Waals surface area (Å²) >= 11 is 0.949. The van der Waals surface area contributed by atoms with Gasteiger partial charge in [-0.2, -0.15) is 0 Å². The van der Waals surface area contributed by atoms with Gasteiger partial charge in [0.25, 0.3) is 5.78 Å². The van der Waals surface area contributed by atoms with Crippen LogP contribution in [0.5, 0.6) is 5.75 Å². The summed E-state index contributed by atoms with van der Waals surface area (Å²) in [5.74, 6) is -2.00. The average molecular weight is 505 g/mol. The summed E-state index contributed by atoms with van der Waals surface area (Å²) in [4.78, 5) is 45.0. The number of hydrogen-bond donors (Lipinski definition) is 1. The standard InChI is InChI=1S/C27H24N2O6S/c1-5-13-35-26(33)24-16(3)28-27(36-24)29-21(17-9-7-6-8-10-17)20(23(31)25(29)32)22(30)19-12-11-18(34-4)14-15(19)2/h5-12,14,21,30H,1,13H2,2-4H3/b22-20+. The highest BCUT2D eigenvalue weighted by Crippen LogP contribution is 2.44. The molecule has 0 spiro atoms. The number of thiazole rings is 1. The maximum absolute atomic E-state index is 13.3. The van der Waals surface area contributed by atoms with Crippen LogP contribution in [0.4, 0.5) is 5.13 Å². The highest BCUT2D eigenvalue weighted by Gasteiger charge is 2.48. The number of Topliss-reactive ketones (excluding diaryl/α,β-unsaturated/α-hetero) is 1. The van der Waals surface area contributed by atoms with E-state index in [1.54, 1.807) is 56.3 Å². The monoisotopic (exact) mass is 504 g/mol. The van der Waals surface area contributed by atoms with E-state index in [0.717, 1.165) is 11.3 Å². The summed E-state index contributed by atoms with van der Waals surface area (Å²) < 4.78 is 10.4. The molecule has 2 aromatic carbocycles. The summed E-state index contributed by atoms with van der Waals surface area (Å²) in [6, 6.07) is 13.0. The van der Waals surface area contributed by atoms with Crippen LogP contribution in [0, 0.1) is 13.8 Å². The molecule has 1 saturated heterocycles. The molecule has 1 unspecified atom stereocenters. The Bertz CT molecular complexity index is 1390. The third-order valence-electron chi connectivity index (χ3n) is 5.76. The van der Waals surface area contributed by atoms with Gasteiger partial charge in [0.1, 0.15) is 23.0 Å². The van der Waals surface area contributed by atoms with E-state index < -0.39 is 23.7 Å². The van der Waals surface area contributed by atoms with Crippen molar-refractivity contribution in [1.29, 1.82) is 0 Å². The molecule has 9 heteroatoms. The summed E-state index contributed by atoms with van der Waals surface area (Å²) in [7, 11) is 1.53. The molecule has 1 aromatic heterocycles. The molecule has 1 aliphatic rings. The van der Waals surface area contributed by atoms with Crippen LogP contribution in [0.1, 0.15) is 38.1 Å². The second kappa shape index (κ2) is 10.2. The lowest BCUT2D eigenvalue weighted by Crippen LogP contribution is -2.29. The molecule has 0 aliphatic carbocycles. The number of rotatable bonds is 7. The predicted octanol–water partition coefficient (Wildman–Crippen LogP) is 4.74. The Balaban J connectivity index is 1.88. The van der Waals surface area contributed by atoms with Crippen molar-refractivity contribution in [2.45, 2.75) is 19.9 Å². The molecular formula is C27H24N2O6S. The molecule has 184 valence electrons. The van der Waals surface area contributed by atoms with Gasteiger partial charge >= 0.3 is 11.9 Å².